The van der Waals surface area contributed by atoms with Gasteiger partial charge in [0.1, 0.15) is 0 Å². The monoisotopic (exact) mass is 370 g/mol. The number of carbonyl (C=O) groups is 1. The Morgan fingerprint density at radius 2 is 1.76 bits per heavy atom. The molecule has 5 heteroatoms. The van der Waals surface area contributed by atoms with Gasteiger partial charge < -0.3 is 5.32 Å². The molecule has 0 fully saturated rings. The number of nitrogens with one attached hydrogen (secondary N) is 2. The Balaban J connectivity index is 1.57. The van der Waals surface area contributed by atoms with Crippen LogP contribution in [0.1, 0.15) is 22.0 Å². The number of carbonyl (C=O) groups excluding carboxylic acids is 1. The molecule has 128 valence electrons. The zero-order chi connectivity index (χ0) is 17.5. The molecule has 0 bridgehead atoms. The minimum absolute atomic E-state index is 0.0162. The summed E-state index contributed by atoms with van der Waals surface area (Å²) in [6.07, 6.45) is 0. The Labute approximate surface area is 156 Å². The van der Waals surface area contributed by atoms with Crippen molar-refractivity contribution in [3.05, 3.63) is 93.1 Å². The van der Waals surface area contributed by atoms with Gasteiger partial charge in [-0.3, -0.25) is 10.1 Å². The van der Waals surface area contributed by atoms with Gasteiger partial charge in [0.15, 0.2) is 0 Å². The Bertz CT molecular complexity index is 788. The van der Waals surface area contributed by atoms with Gasteiger partial charge in [0.2, 0.25) is 5.91 Å². The van der Waals surface area contributed by atoms with E-state index in [2.05, 4.69) is 28.8 Å². The minimum Gasteiger partial charge on any atom is -0.351 e. The van der Waals surface area contributed by atoms with Crippen molar-refractivity contribution in [1.82, 2.24) is 10.6 Å². The molecular formula is C20H19ClN2OS. The molecule has 0 radical (unpaired) electrons. The summed E-state index contributed by atoms with van der Waals surface area (Å²) in [6, 6.07) is 21.8. The molecule has 1 heterocycles. The van der Waals surface area contributed by atoms with E-state index in [-0.39, 0.29) is 18.5 Å². The van der Waals surface area contributed by atoms with Crippen LogP contribution in [0, 0.1) is 0 Å². The Hall–Kier alpha value is -2.14. The summed E-state index contributed by atoms with van der Waals surface area (Å²) in [4.78, 5) is 13.4. The van der Waals surface area contributed by atoms with Gasteiger partial charge in [0.05, 0.1) is 12.6 Å². The topological polar surface area (TPSA) is 41.1 Å². The average Bonchev–Trinajstić information content (AvgIpc) is 3.17. The molecule has 0 saturated carbocycles. The second kappa shape index (κ2) is 8.81. The fourth-order valence-corrected chi connectivity index (χ4v) is 3.50. The van der Waals surface area contributed by atoms with Crippen LogP contribution in [0.4, 0.5) is 0 Å². The van der Waals surface area contributed by atoms with Crippen LogP contribution in [0.25, 0.3) is 0 Å². The normalized spacial score (nSPS) is 11.9. The second-order valence-electron chi connectivity index (χ2n) is 5.64. The van der Waals surface area contributed by atoms with E-state index in [1.807, 2.05) is 53.9 Å². The van der Waals surface area contributed by atoms with Gasteiger partial charge >= 0.3 is 0 Å². The lowest BCUT2D eigenvalue weighted by atomic mass is 10.1. The van der Waals surface area contributed by atoms with Crippen molar-refractivity contribution in [2.24, 2.45) is 0 Å². The first-order valence-corrected chi connectivity index (χ1v) is 9.31. The van der Waals surface area contributed by atoms with Crippen molar-refractivity contribution in [2.75, 3.05) is 6.54 Å². The summed E-state index contributed by atoms with van der Waals surface area (Å²) in [5, 5.41) is 9.03. The first-order valence-electron chi connectivity index (χ1n) is 8.05. The minimum atomic E-state index is -0.0348. The van der Waals surface area contributed by atoms with Crippen LogP contribution in [0.2, 0.25) is 5.02 Å². The number of amides is 1. The lowest BCUT2D eigenvalue weighted by Gasteiger charge is -2.18. The molecule has 0 spiro atoms. The Morgan fingerprint density at radius 3 is 2.44 bits per heavy atom. The lowest BCUT2D eigenvalue weighted by molar-refractivity contribution is -0.120. The molecule has 3 rings (SSSR count). The van der Waals surface area contributed by atoms with Gasteiger partial charge in [0.25, 0.3) is 0 Å². The quantitative estimate of drug-likeness (QED) is 0.647. The van der Waals surface area contributed by atoms with E-state index < -0.39 is 0 Å². The fraction of sp³-hybridized carbons (Fsp3) is 0.150. The van der Waals surface area contributed by atoms with Crippen LogP contribution in [0.3, 0.4) is 0 Å². The molecule has 3 nitrogen and oxygen atoms in total. The molecule has 0 unspecified atom stereocenters. The zero-order valence-electron chi connectivity index (χ0n) is 13.6. The summed E-state index contributed by atoms with van der Waals surface area (Å²) in [7, 11) is 0. The zero-order valence-corrected chi connectivity index (χ0v) is 15.2. The third-order valence-electron chi connectivity index (χ3n) is 3.83. The van der Waals surface area contributed by atoms with Crippen molar-refractivity contribution < 1.29 is 4.79 Å². The van der Waals surface area contributed by atoms with Crippen LogP contribution in [0.5, 0.6) is 0 Å². The van der Waals surface area contributed by atoms with E-state index >= 15 is 0 Å². The van der Waals surface area contributed by atoms with E-state index in [0.717, 1.165) is 11.1 Å². The number of thiophene rings is 1. The van der Waals surface area contributed by atoms with E-state index in [0.29, 0.717) is 11.6 Å². The highest BCUT2D eigenvalue weighted by Crippen LogP contribution is 2.25. The molecule has 2 aromatic carbocycles. The van der Waals surface area contributed by atoms with E-state index in [1.165, 1.54) is 4.88 Å². The summed E-state index contributed by atoms with van der Waals surface area (Å²) < 4.78 is 0. The van der Waals surface area contributed by atoms with Crippen LogP contribution in [0.15, 0.2) is 72.1 Å². The van der Waals surface area contributed by atoms with E-state index in [4.69, 9.17) is 11.6 Å². The molecule has 0 aliphatic heterocycles. The largest absolute Gasteiger partial charge is 0.351 e. The molecule has 1 aromatic heterocycles. The average molecular weight is 371 g/mol. The lowest BCUT2D eigenvalue weighted by Crippen LogP contribution is -2.35. The van der Waals surface area contributed by atoms with Crippen LogP contribution in [-0.2, 0) is 11.3 Å². The fourth-order valence-electron chi connectivity index (χ4n) is 2.54. The third kappa shape index (κ3) is 5.16. The number of benzene rings is 2. The van der Waals surface area contributed by atoms with Gasteiger partial charge in [-0.05, 0) is 34.7 Å². The predicted molar refractivity (Wildman–Crippen MR) is 104 cm³/mol. The van der Waals surface area contributed by atoms with E-state index in [9.17, 15) is 4.79 Å². The highest BCUT2D eigenvalue weighted by Gasteiger charge is 2.15. The standard InChI is InChI=1S/C20H19ClN2OS/c21-17-10-8-15(9-11-17)13-22-19(24)14-23-20(18-7-4-12-25-18)16-5-2-1-3-6-16/h1-12,20,23H,13-14H2,(H,22,24)/t20-/m1/s1. The van der Waals surface area contributed by atoms with Crippen LogP contribution >= 0.6 is 22.9 Å². The summed E-state index contributed by atoms with van der Waals surface area (Å²) in [6.45, 7) is 0.748. The highest BCUT2D eigenvalue weighted by atomic mass is 35.5. The smallest absolute Gasteiger partial charge is 0.234 e. The van der Waals surface area contributed by atoms with Crippen LogP contribution < -0.4 is 10.6 Å². The SMILES string of the molecule is O=C(CN[C@H](c1ccccc1)c1cccs1)NCc1ccc(Cl)cc1. The molecule has 1 atom stereocenters. The molecular weight excluding hydrogens is 352 g/mol. The van der Waals surface area contributed by atoms with Gasteiger partial charge in [0, 0.05) is 16.4 Å². The molecule has 3 aromatic rings. The maximum Gasteiger partial charge on any atom is 0.234 e. The second-order valence-corrected chi connectivity index (χ2v) is 7.06. The van der Waals surface area contributed by atoms with Crippen molar-refractivity contribution in [3.8, 4) is 0 Å². The maximum atomic E-state index is 12.2. The van der Waals surface area contributed by atoms with Crippen molar-refractivity contribution in [1.29, 1.82) is 0 Å². The highest BCUT2D eigenvalue weighted by molar-refractivity contribution is 7.10. The maximum absolute atomic E-state index is 12.2. The molecule has 2 N–H and O–H groups in total. The van der Waals surface area contributed by atoms with Crippen molar-refractivity contribution in [3.63, 3.8) is 0 Å². The first-order chi connectivity index (χ1) is 12.2. The van der Waals surface area contributed by atoms with Gasteiger partial charge in [-0.2, -0.15) is 0 Å². The van der Waals surface area contributed by atoms with E-state index in [1.54, 1.807) is 11.3 Å². The van der Waals surface area contributed by atoms with Crippen molar-refractivity contribution >= 4 is 28.8 Å². The number of hydrogen-bond donors (Lipinski definition) is 2. The first kappa shape index (κ1) is 17.7. The predicted octanol–water partition coefficient (Wildman–Crippen LogP) is 4.40. The number of halogens is 1. The van der Waals surface area contributed by atoms with Gasteiger partial charge in [-0.25, -0.2) is 0 Å². The Morgan fingerprint density at radius 1 is 1.00 bits per heavy atom. The molecule has 1 amide bonds. The Kier molecular flexibility index (Phi) is 6.23. The summed E-state index contributed by atoms with van der Waals surface area (Å²) in [5.74, 6) is -0.0348. The molecule has 0 aliphatic rings. The molecule has 25 heavy (non-hydrogen) atoms. The number of rotatable bonds is 7. The third-order valence-corrected chi connectivity index (χ3v) is 5.02. The molecule has 0 saturated heterocycles. The summed E-state index contributed by atoms with van der Waals surface area (Å²) >= 11 is 7.55. The number of hydrogen-bond acceptors (Lipinski definition) is 3. The van der Waals surface area contributed by atoms with Gasteiger partial charge in [-0.1, -0.05) is 60.1 Å². The summed E-state index contributed by atoms with van der Waals surface area (Å²) in [5.41, 5.74) is 2.17. The van der Waals surface area contributed by atoms with Crippen molar-refractivity contribution in [2.45, 2.75) is 12.6 Å². The van der Waals surface area contributed by atoms with Gasteiger partial charge in [-0.15, -0.1) is 11.3 Å². The van der Waals surface area contributed by atoms with Crippen LogP contribution in [-0.4, -0.2) is 12.5 Å². The molecule has 0 aliphatic carbocycles.